The molecule has 0 saturated carbocycles. The predicted octanol–water partition coefficient (Wildman–Crippen LogP) is 13.6. The van der Waals surface area contributed by atoms with E-state index in [0.29, 0.717) is 5.95 Å². The van der Waals surface area contributed by atoms with Crippen molar-refractivity contribution in [3.8, 4) is 73.0 Å². The van der Waals surface area contributed by atoms with Crippen LogP contribution in [0.15, 0.2) is 212 Å². The van der Waals surface area contributed by atoms with Crippen molar-refractivity contribution >= 4 is 21.8 Å². The Kier molecular flexibility index (Phi) is 8.16. The Labute approximate surface area is 320 Å². The monoisotopic (exact) mass is 701 g/mol. The largest absolute Gasteiger partial charge is 0.277 e. The van der Waals surface area contributed by atoms with Gasteiger partial charge in [-0.3, -0.25) is 4.57 Å². The van der Waals surface area contributed by atoms with Gasteiger partial charge in [0.05, 0.1) is 22.4 Å². The fraction of sp³-hybridized carbons (Fsp3) is 0. The summed E-state index contributed by atoms with van der Waals surface area (Å²) in [4.78, 5) is 10.7. The molecular formula is C52H35N3. The summed E-state index contributed by atoms with van der Waals surface area (Å²) in [7, 11) is 0. The second-order valence-electron chi connectivity index (χ2n) is 13.8. The molecule has 8 aromatic carbocycles. The maximum Gasteiger partial charge on any atom is 0.235 e. The lowest BCUT2D eigenvalue weighted by Gasteiger charge is -2.16. The SMILES string of the molecule is c1ccc(-c2cc(-c3ccccc3)cc(-c3cc(-c4ccccc4)c4c(c3)c3ccccc3n4-c3nc(-c4ccccc4)cc(-c4ccccc4)n3)c2)cc1. The Morgan fingerprint density at radius 2 is 0.691 bits per heavy atom. The van der Waals surface area contributed by atoms with E-state index >= 15 is 0 Å². The number of aromatic nitrogens is 3. The van der Waals surface area contributed by atoms with Crippen LogP contribution in [0, 0.1) is 0 Å². The molecule has 0 fully saturated rings. The Morgan fingerprint density at radius 1 is 0.291 bits per heavy atom. The van der Waals surface area contributed by atoms with Gasteiger partial charge in [0.25, 0.3) is 0 Å². The lowest BCUT2D eigenvalue weighted by atomic mass is 9.91. The Hall–Kier alpha value is -7.36. The van der Waals surface area contributed by atoms with Gasteiger partial charge >= 0.3 is 0 Å². The lowest BCUT2D eigenvalue weighted by molar-refractivity contribution is 0.996. The molecule has 0 aliphatic heterocycles. The summed E-state index contributed by atoms with van der Waals surface area (Å²) in [5.41, 5.74) is 15.2. The lowest BCUT2D eigenvalue weighted by Crippen LogP contribution is -2.04. The van der Waals surface area contributed by atoms with E-state index in [9.17, 15) is 0 Å². The Bertz CT molecular complexity index is 2820. The molecule has 3 nitrogen and oxygen atoms in total. The minimum atomic E-state index is 0.633. The van der Waals surface area contributed by atoms with E-state index in [1.165, 1.54) is 22.3 Å². The average molecular weight is 702 g/mol. The minimum Gasteiger partial charge on any atom is -0.277 e. The topological polar surface area (TPSA) is 30.7 Å². The van der Waals surface area contributed by atoms with Crippen molar-refractivity contribution in [3.05, 3.63) is 212 Å². The molecule has 0 atom stereocenters. The molecule has 0 saturated heterocycles. The summed E-state index contributed by atoms with van der Waals surface area (Å²) in [6, 6.07) is 75.2. The van der Waals surface area contributed by atoms with Gasteiger partial charge in [0.1, 0.15) is 0 Å². The van der Waals surface area contributed by atoms with Crippen molar-refractivity contribution < 1.29 is 0 Å². The average Bonchev–Trinajstić information content (AvgIpc) is 3.62. The molecule has 258 valence electrons. The molecule has 2 heterocycles. The third-order valence-corrected chi connectivity index (χ3v) is 10.4. The first-order valence-electron chi connectivity index (χ1n) is 18.7. The van der Waals surface area contributed by atoms with Crippen LogP contribution in [-0.2, 0) is 0 Å². The molecule has 3 heteroatoms. The number of benzene rings is 8. The highest BCUT2D eigenvalue weighted by Crippen LogP contribution is 2.42. The molecule has 0 aliphatic carbocycles. The molecule has 10 aromatic rings. The molecule has 0 bridgehead atoms. The van der Waals surface area contributed by atoms with Crippen LogP contribution in [-0.4, -0.2) is 14.5 Å². The molecule has 2 aromatic heterocycles. The predicted molar refractivity (Wildman–Crippen MR) is 229 cm³/mol. The Balaban J connectivity index is 1.28. The highest BCUT2D eigenvalue weighted by atomic mass is 15.2. The number of fused-ring (bicyclic) bond motifs is 3. The van der Waals surface area contributed by atoms with Crippen LogP contribution in [0.5, 0.6) is 0 Å². The fourth-order valence-corrected chi connectivity index (χ4v) is 7.75. The maximum atomic E-state index is 5.33. The number of nitrogens with zero attached hydrogens (tertiary/aromatic N) is 3. The van der Waals surface area contributed by atoms with Gasteiger partial charge in [-0.05, 0) is 81.4 Å². The van der Waals surface area contributed by atoms with Gasteiger partial charge in [0.2, 0.25) is 5.95 Å². The van der Waals surface area contributed by atoms with Crippen LogP contribution in [0.4, 0.5) is 0 Å². The summed E-state index contributed by atoms with van der Waals surface area (Å²) in [5.74, 6) is 0.633. The van der Waals surface area contributed by atoms with Crippen LogP contribution in [0.1, 0.15) is 0 Å². The van der Waals surface area contributed by atoms with Crippen molar-refractivity contribution in [2.24, 2.45) is 0 Å². The second kappa shape index (κ2) is 13.9. The molecule has 0 N–H and O–H groups in total. The van der Waals surface area contributed by atoms with E-state index in [1.807, 2.05) is 12.1 Å². The second-order valence-corrected chi connectivity index (χ2v) is 13.8. The standard InChI is InChI=1S/C52H35N3/c1-6-18-36(19-7-1)41-30-42(37-20-8-2-9-21-37)32-43(31-41)44-33-46(38-22-10-3-11-23-38)51-47(34-44)45-28-16-17-29-50(45)55(51)52-53-48(39-24-12-4-13-25-39)35-49(54-52)40-26-14-5-15-27-40/h1-35H. The van der Waals surface area contributed by atoms with Crippen molar-refractivity contribution in [2.45, 2.75) is 0 Å². The number of para-hydroxylation sites is 1. The van der Waals surface area contributed by atoms with E-state index < -0.39 is 0 Å². The highest BCUT2D eigenvalue weighted by molar-refractivity contribution is 6.15. The zero-order chi connectivity index (χ0) is 36.6. The van der Waals surface area contributed by atoms with Gasteiger partial charge < -0.3 is 0 Å². The quantitative estimate of drug-likeness (QED) is 0.166. The van der Waals surface area contributed by atoms with Gasteiger partial charge in [0, 0.05) is 27.5 Å². The molecule has 0 unspecified atom stereocenters. The fourth-order valence-electron chi connectivity index (χ4n) is 7.75. The van der Waals surface area contributed by atoms with Crippen LogP contribution in [0.3, 0.4) is 0 Å². The molecule has 55 heavy (non-hydrogen) atoms. The van der Waals surface area contributed by atoms with Gasteiger partial charge in [-0.15, -0.1) is 0 Å². The first-order chi connectivity index (χ1) is 27.3. The first kappa shape index (κ1) is 32.3. The Morgan fingerprint density at radius 3 is 1.20 bits per heavy atom. The van der Waals surface area contributed by atoms with E-state index in [2.05, 4.69) is 205 Å². The smallest absolute Gasteiger partial charge is 0.235 e. The molecule has 10 rings (SSSR count). The molecule has 0 spiro atoms. The maximum absolute atomic E-state index is 5.33. The first-order valence-corrected chi connectivity index (χ1v) is 18.7. The van der Waals surface area contributed by atoms with Crippen LogP contribution >= 0.6 is 0 Å². The third-order valence-electron chi connectivity index (χ3n) is 10.4. The van der Waals surface area contributed by atoms with E-state index in [0.717, 1.165) is 66.6 Å². The summed E-state index contributed by atoms with van der Waals surface area (Å²) >= 11 is 0. The van der Waals surface area contributed by atoms with Crippen LogP contribution < -0.4 is 0 Å². The molecule has 0 radical (unpaired) electrons. The number of hydrogen-bond acceptors (Lipinski definition) is 2. The van der Waals surface area contributed by atoms with Gasteiger partial charge in [-0.1, -0.05) is 170 Å². The van der Waals surface area contributed by atoms with Crippen molar-refractivity contribution in [3.63, 3.8) is 0 Å². The number of rotatable bonds is 7. The van der Waals surface area contributed by atoms with Gasteiger partial charge in [0.15, 0.2) is 0 Å². The highest BCUT2D eigenvalue weighted by Gasteiger charge is 2.21. The summed E-state index contributed by atoms with van der Waals surface area (Å²) < 4.78 is 2.27. The third kappa shape index (κ3) is 6.08. The molecule has 0 aliphatic rings. The van der Waals surface area contributed by atoms with Crippen LogP contribution in [0.2, 0.25) is 0 Å². The summed E-state index contributed by atoms with van der Waals surface area (Å²) in [6.07, 6.45) is 0. The normalized spacial score (nSPS) is 11.3. The summed E-state index contributed by atoms with van der Waals surface area (Å²) in [5, 5.41) is 2.29. The van der Waals surface area contributed by atoms with Crippen molar-refractivity contribution in [1.82, 2.24) is 14.5 Å². The van der Waals surface area contributed by atoms with E-state index in [1.54, 1.807) is 0 Å². The summed E-state index contributed by atoms with van der Waals surface area (Å²) in [6.45, 7) is 0. The minimum absolute atomic E-state index is 0.633. The molecular weight excluding hydrogens is 667 g/mol. The van der Waals surface area contributed by atoms with Crippen molar-refractivity contribution in [1.29, 1.82) is 0 Å². The van der Waals surface area contributed by atoms with Crippen molar-refractivity contribution in [2.75, 3.05) is 0 Å². The zero-order valence-corrected chi connectivity index (χ0v) is 30.0. The zero-order valence-electron chi connectivity index (χ0n) is 30.0. The van der Waals surface area contributed by atoms with Gasteiger partial charge in [-0.2, -0.15) is 0 Å². The van der Waals surface area contributed by atoms with E-state index in [4.69, 9.17) is 9.97 Å². The van der Waals surface area contributed by atoms with Gasteiger partial charge in [-0.25, -0.2) is 9.97 Å². The van der Waals surface area contributed by atoms with Crippen LogP contribution in [0.25, 0.3) is 94.8 Å². The molecule has 0 amide bonds. The van der Waals surface area contributed by atoms with E-state index in [-0.39, 0.29) is 0 Å². The number of hydrogen-bond donors (Lipinski definition) is 0.